The normalized spacial score (nSPS) is 16.2. The van der Waals surface area contributed by atoms with E-state index in [4.69, 9.17) is 0 Å². The maximum Gasteiger partial charge on any atom is 0.272 e. The predicted octanol–water partition coefficient (Wildman–Crippen LogP) is 2.00. The fourth-order valence-electron chi connectivity index (χ4n) is 2.11. The highest BCUT2D eigenvalue weighted by Gasteiger charge is 2.44. The quantitative estimate of drug-likeness (QED) is 0.913. The lowest BCUT2D eigenvalue weighted by Crippen LogP contribution is -2.32. The molecule has 0 atom stereocenters. The minimum Gasteiger partial charge on any atom is -0.350 e. The first-order chi connectivity index (χ1) is 8.80. The number of hydrogen-bond acceptors (Lipinski definition) is 4. The molecule has 5 heteroatoms. The van der Waals surface area contributed by atoms with Crippen LogP contribution in [0.3, 0.4) is 0 Å². The van der Waals surface area contributed by atoms with Gasteiger partial charge in [-0.3, -0.25) is 4.79 Å². The average molecular weight is 259 g/mol. The Bertz CT molecular complexity index is 535. The second-order valence-electron chi connectivity index (χ2n) is 4.62. The van der Waals surface area contributed by atoms with Gasteiger partial charge in [-0.15, -0.1) is 5.10 Å². The molecule has 0 bridgehead atoms. The first-order valence-corrected chi connectivity index (χ1v) is 6.75. The highest BCUT2D eigenvalue weighted by molar-refractivity contribution is 7.03. The van der Waals surface area contributed by atoms with Crippen LogP contribution in [0.5, 0.6) is 0 Å². The van der Waals surface area contributed by atoms with Gasteiger partial charge in [0.25, 0.3) is 5.91 Å². The zero-order valence-corrected chi connectivity index (χ0v) is 10.6. The molecule has 1 aromatic heterocycles. The lowest BCUT2D eigenvalue weighted by atomic mass is 9.96. The van der Waals surface area contributed by atoms with E-state index in [1.807, 2.05) is 18.2 Å². The molecule has 1 aliphatic rings. The van der Waals surface area contributed by atoms with Gasteiger partial charge in [0, 0.05) is 17.3 Å². The summed E-state index contributed by atoms with van der Waals surface area (Å²) < 4.78 is 3.69. The Hall–Kier alpha value is -1.75. The van der Waals surface area contributed by atoms with E-state index >= 15 is 0 Å². The molecule has 4 nitrogen and oxygen atoms in total. The van der Waals surface area contributed by atoms with Gasteiger partial charge in [-0.25, -0.2) is 0 Å². The van der Waals surface area contributed by atoms with Crippen LogP contribution in [0.15, 0.2) is 35.7 Å². The predicted molar refractivity (Wildman–Crippen MR) is 69.6 cm³/mol. The Morgan fingerprint density at radius 2 is 2.11 bits per heavy atom. The molecular weight excluding hydrogens is 246 g/mol. The van der Waals surface area contributed by atoms with Crippen LogP contribution in [0.1, 0.15) is 28.9 Å². The van der Waals surface area contributed by atoms with E-state index in [0.717, 1.165) is 12.8 Å². The third-order valence-corrected chi connectivity index (χ3v) is 3.92. The Morgan fingerprint density at radius 1 is 1.33 bits per heavy atom. The van der Waals surface area contributed by atoms with Crippen molar-refractivity contribution in [3.05, 3.63) is 47.0 Å². The summed E-state index contributed by atoms with van der Waals surface area (Å²) in [4.78, 5) is 11.8. The van der Waals surface area contributed by atoms with E-state index < -0.39 is 0 Å². The topological polar surface area (TPSA) is 54.9 Å². The van der Waals surface area contributed by atoms with E-state index in [0.29, 0.717) is 12.2 Å². The molecule has 0 unspecified atom stereocenters. The van der Waals surface area contributed by atoms with E-state index in [9.17, 15) is 4.79 Å². The number of nitrogens with zero attached hydrogens (tertiary/aromatic N) is 2. The van der Waals surface area contributed by atoms with E-state index in [1.165, 1.54) is 17.1 Å². The molecule has 0 radical (unpaired) electrons. The smallest absolute Gasteiger partial charge is 0.272 e. The largest absolute Gasteiger partial charge is 0.350 e. The van der Waals surface area contributed by atoms with Gasteiger partial charge in [-0.2, -0.15) is 0 Å². The number of rotatable bonds is 4. The maximum atomic E-state index is 11.8. The number of carbonyl (C=O) groups is 1. The molecule has 1 fully saturated rings. The van der Waals surface area contributed by atoms with E-state index in [2.05, 4.69) is 27.0 Å². The summed E-state index contributed by atoms with van der Waals surface area (Å²) >= 11 is 1.19. The summed E-state index contributed by atoms with van der Waals surface area (Å²) in [5.74, 6) is -0.133. The molecule has 0 aliphatic heterocycles. The van der Waals surface area contributed by atoms with Crippen LogP contribution in [-0.4, -0.2) is 22.0 Å². The maximum absolute atomic E-state index is 11.8. The number of amides is 1. The molecule has 18 heavy (non-hydrogen) atoms. The van der Waals surface area contributed by atoms with Crippen molar-refractivity contribution in [1.82, 2.24) is 14.9 Å². The molecule has 1 aromatic carbocycles. The van der Waals surface area contributed by atoms with Gasteiger partial charge in [-0.05, 0) is 29.9 Å². The van der Waals surface area contributed by atoms with Crippen molar-refractivity contribution in [2.45, 2.75) is 18.3 Å². The summed E-state index contributed by atoms with van der Waals surface area (Å²) in [6.45, 7) is 0.674. The number of hydrogen-bond donors (Lipinski definition) is 1. The Balaban J connectivity index is 1.66. The van der Waals surface area contributed by atoms with Crippen LogP contribution in [0, 0.1) is 0 Å². The third kappa shape index (κ3) is 2.13. The van der Waals surface area contributed by atoms with Crippen LogP contribution in [0.2, 0.25) is 0 Å². The van der Waals surface area contributed by atoms with Gasteiger partial charge < -0.3 is 5.32 Å². The molecule has 0 saturated heterocycles. The second-order valence-corrected chi connectivity index (χ2v) is 5.23. The van der Waals surface area contributed by atoms with Crippen molar-refractivity contribution in [3.63, 3.8) is 0 Å². The molecule has 1 aliphatic carbocycles. The number of benzene rings is 1. The minimum absolute atomic E-state index is 0.133. The summed E-state index contributed by atoms with van der Waals surface area (Å²) in [6.07, 6.45) is 2.26. The number of nitrogens with one attached hydrogen (secondary N) is 1. The first-order valence-electron chi connectivity index (χ1n) is 5.91. The Morgan fingerprint density at radius 3 is 2.72 bits per heavy atom. The summed E-state index contributed by atoms with van der Waals surface area (Å²) in [5.41, 5.74) is 1.85. The van der Waals surface area contributed by atoms with Crippen LogP contribution < -0.4 is 5.32 Å². The lowest BCUT2D eigenvalue weighted by Gasteiger charge is -2.15. The highest BCUT2D eigenvalue weighted by Crippen LogP contribution is 2.47. The third-order valence-electron chi connectivity index (χ3n) is 3.42. The summed E-state index contributed by atoms with van der Waals surface area (Å²) in [6, 6.07) is 10.4. The minimum atomic E-state index is -0.133. The number of carbonyl (C=O) groups excluding carboxylic acids is 1. The fourth-order valence-corrected chi connectivity index (χ4v) is 2.55. The van der Waals surface area contributed by atoms with E-state index in [1.54, 1.807) is 5.38 Å². The molecule has 1 N–H and O–H groups in total. The number of aromatic nitrogens is 2. The molecule has 0 spiro atoms. The van der Waals surface area contributed by atoms with Crippen molar-refractivity contribution < 1.29 is 4.79 Å². The molecular formula is C13H13N3OS. The van der Waals surface area contributed by atoms with Gasteiger partial charge in [0.15, 0.2) is 5.69 Å². The van der Waals surface area contributed by atoms with Crippen molar-refractivity contribution in [2.75, 3.05) is 6.54 Å². The van der Waals surface area contributed by atoms with Crippen LogP contribution in [0.25, 0.3) is 0 Å². The second kappa shape index (κ2) is 4.49. The van der Waals surface area contributed by atoms with Gasteiger partial charge >= 0.3 is 0 Å². The average Bonchev–Trinajstić information content (AvgIpc) is 3.01. The van der Waals surface area contributed by atoms with Crippen LogP contribution in [0.4, 0.5) is 0 Å². The van der Waals surface area contributed by atoms with Gasteiger partial charge in [0.05, 0.1) is 0 Å². The molecule has 2 aromatic rings. The zero-order chi connectivity index (χ0) is 12.4. The van der Waals surface area contributed by atoms with Crippen molar-refractivity contribution in [2.24, 2.45) is 0 Å². The Labute approximate surface area is 109 Å². The monoisotopic (exact) mass is 259 g/mol. The lowest BCUT2D eigenvalue weighted by molar-refractivity contribution is 0.0944. The molecule has 1 saturated carbocycles. The van der Waals surface area contributed by atoms with Crippen molar-refractivity contribution >= 4 is 17.4 Å². The molecule has 3 rings (SSSR count). The van der Waals surface area contributed by atoms with E-state index in [-0.39, 0.29) is 11.3 Å². The fraction of sp³-hybridized carbons (Fsp3) is 0.308. The van der Waals surface area contributed by atoms with Gasteiger partial charge in [0.1, 0.15) is 0 Å². The van der Waals surface area contributed by atoms with Crippen molar-refractivity contribution in [1.29, 1.82) is 0 Å². The highest BCUT2D eigenvalue weighted by atomic mass is 32.1. The zero-order valence-electron chi connectivity index (χ0n) is 9.80. The SMILES string of the molecule is O=C(NCC1(c2ccccc2)CC1)c1csnn1. The van der Waals surface area contributed by atoms with Gasteiger partial charge in [0.2, 0.25) is 0 Å². The molecule has 92 valence electrons. The molecule has 1 amide bonds. The van der Waals surface area contributed by atoms with Crippen LogP contribution >= 0.6 is 11.5 Å². The summed E-state index contributed by atoms with van der Waals surface area (Å²) in [5, 5.41) is 8.38. The molecule has 1 heterocycles. The van der Waals surface area contributed by atoms with Crippen molar-refractivity contribution in [3.8, 4) is 0 Å². The van der Waals surface area contributed by atoms with Crippen LogP contribution in [-0.2, 0) is 5.41 Å². The summed E-state index contributed by atoms with van der Waals surface area (Å²) in [7, 11) is 0. The Kier molecular flexibility index (Phi) is 2.83. The standard InChI is InChI=1S/C13H13N3OS/c17-12(11-8-18-16-15-11)14-9-13(6-7-13)10-4-2-1-3-5-10/h1-5,8H,6-7,9H2,(H,14,17). The van der Waals surface area contributed by atoms with Gasteiger partial charge in [-0.1, -0.05) is 34.8 Å². The first kappa shape index (κ1) is 11.3.